The Hall–Kier alpha value is -1.64. The molecule has 1 saturated heterocycles. The largest absolute Gasteiger partial charge is 0.314 e. The first-order chi connectivity index (χ1) is 11.3. The van der Waals surface area contributed by atoms with Gasteiger partial charge in [0.25, 0.3) is 0 Å². The van der Waals surface area contributed by atoms with Crippen LogP contribution in [0, 0.1) is 0 Å². The fourth-order valence-corrected chi connectivity index (χ4v) is 5.49. The maximum absolute atomic E-state index is 3.50. The molecule has 5 rings (SSSR count). The molecule has 3 aliphatic rings. The molecule has 2 aromatic carbocycles. The summed E-state index contributed by atoms with van der Waals surface area (Å²) in [5.74, 6) is 0.604. The molecule has 0 aromatic heterocycles. The molecule has 0 saturated carbocycles. The monoisotopic (exact) mass is 304 g/mol. The number of benzene rings is 2. The van der Waals surface area contributed by atoms with Crippen molar-refractivity contribution in [2.75, 3.05) is 26.2 Å². The van der Waals surface area contributed by atoms with Crippen LogP contribution in [0.15, 0.2) is 48.5 Å². The summed E-state index contributed by atoms with van der Waals surface area (Å²) >= 11 is 0. The van der Waals surface area contributed by atoms with E-state index in [1.54, 1.807) is 22.3 Å². The van der Waals surface area contributed by atoms with Crippen molar-refractivity contribution in [3.8, 4) is 0 Å². The maximum atomic E-state index is 3.50. The predicted molar refractivity (Wildman–Crippen MR) is 94.0 cm³/mol. The summed E-state index contributed by atoms with van der Waals surface area (Å²) in [5, 5.41) is 3.50. The average Bonchev–Trinajstić information content (AvgIpc) is 3.16. The first kappa shape index (κ1) is 13.8. The fraction of sp³-hybridized carbons (Fsp3) is 0.429. The Labute approximate surface area is 138 Å². The van der Waals surface area contributed by atoms with Crippen molar-refractivity contribution >= 4 is 0 Å². The van der Waals surface area contributed by atoms with Gasteiger partial charge in [-0.15, -0.1) is 0 Å². The van der Waals surface area contributed by atoms with Gasteiger partial charge in [-0.1, -0.05) is 48.5 Å². The lowest BCUT2D eigenvalue weighted by Gasteiger charge is -2.44. The van der Waals surface area contributed by atoms with Crippen LogP contribution < -0.4 is 5.32 Å². The van der Waals surface area contributed by atoms with Gasteiger partial charge in [-0.25, -0.2) is 0 Å². The summed E-state index contributed by atoms with van der Waals surface area (Å²) in [6, 6.07) is 19.0. The number of rotatable bonds is 2. The van der Waals surface area contributed by atoms with Crippen LogP contribution in [-0.4, -0.2) is 37.1 Å². The molecule has 1 aliphatic heterocycles. The Morgan fingerprint density at radius 3 is 2.13 bits per heavy atom. The molecule has 1 N–H and O–H groups in total. The summed E-state index contributed by atoms with van der Waals surface area (Å²) in [5.41, 5.74) is 6.53. The van der Waals surface area contributed by atoms with Crippen molar-refractivity contribution in [2.45, 2.75) is 30.7 Å². The summed E-state index contributed by atoms with van der Waals surface area (Å²) in [4.78, 5) is 2.71. The van der Waals surface area contributed by atoms with Gasteiger partial charge >= 0.3 is 0 Å². The third-order valence-electron chi connectivity index (χ3n) is 6.57. The zero-order valence-corrected chi connectivity index (χ0v) is 13.8. The fourth-order valence-electron chi connectivity index (χ4n) is 5.49. The van der Waals surface area contributed by atoms with Gasteiger partial charge in [-0.2, -0.15) is 0 Å². The van der Waals surface area contributed by atoms with E-state index in [0.29, 0.717) is 12.0 Å². The normalized spacial score (nSPS) is 30.0. The lowest BCUT2D eigenvalue weighted by atomic mass is 9.70. The summed E-state index contributed by atoms with van der Waals surface area (Å²) < 4.78 is 0. The van der Waals surface area contributed by atoms with Crippen molar-refractivity contribution in [1.29, 1.82) is 0 Å². The Morgan fingerprint density at radius 2 is 1.52 bits per heavy atom. The number of piperazine rings is 1. The van der Waals surface area contributed by atoms with E-state index >= 15 is 0 Å². The first-order valence-corrected chi connectivity index (χ1v) is 8.96. The second kappa shape index (κ2) is 4.93. The Morgan fingerprint density at radius 1 is 0.957 bits per heavy atom. The molecule has 23 heavy (non-hydrogen) atoms. The standard InChI is InChI=1S/C21H24N2/c1-15(23-12-10-22-11-13-23)21-14-18(16-6-2-4-8-19(16)21)17-7-3-5-9-20(17)21/h2-9,15,18,22H,10-14H2,1H3. The summed E-state index contributed by atoms with van der Waals surface area (Å²) in [7, 11) is 0. The highest BCUT2D eigenvalue weighted by molar-refractivity contribution is 5.63. The van der Waals surface area contributed by atoms with Gasteiger partial charge in [0, 0.05) is 43.6 Å². The van der Waals surface area contributed by atoms with Crippen LogP contribution in [0.4, 0.5) is 0 Å². The van der Waals surface area contributed by atoms with Crippen LogP contribution in [0.1, 0.15) is 41.5 Å². The zero-order chi connectivity index (χ0) is 15.4. The second-order valence-corrected chi connectivity index (χ2v) is 7.36. The van der Waals surface area contributed by atoms with Gasteiger partial charge in [0.2, 0.25) is 0 Å². The molecule has 2 aliphatic carbocycles. The van der Waals surface area contributed by atoms with Gasteiger partial charge < -0.3 is 5.32 Å². The third-order valence-corrected chi connectivity index (χ3v) is 6.57. The molecule has 118 valence electrons. The van der Waals surface area contributed by atoms with Crippen LogP contribution in [0.5, 0.6) is 0 Å². The highest BCUT2D eigenvalue weighted by Gasteiger charge is 2.56. The smallest absolute Gasteiger partial charge is 0.0370 e. The van der Waals surface area contributed by atoms with Crippen molar-refractivity contribution < 1.29 is 0 Å². The minimum Gasteiger partial charge on any atom is -0.314 e. The van der Waals surface area contributed by atoms with E-state index in [-0.39, 0.29) is 5.41 Å². The van der Waals surface area contributed by atoms with Crippen LogP contribution in [-0.2, 0) is 5.41 Å². The second-order valence-electron chi connectivity index (χ2n) is 7.36. The molecule has 1 unspecified atom stereocenters. The Balaban J connectivity index is 1.69. The number of hydrogen-bond acceptors (Lipinski definition) is 2. The van der Waals surface area contributed by atoms with Gasteiger partial charge in [-0.3, -0.25) is 4.90 Å². The lowest BCUT2D eigenvalue weighted by Crippen LogP contribution is -2.54. The van der Waals surface area contributed by atoms with Crippen molar-refractivity contribution in [3.05, 3.63) is 70.8 Å². The van der Waals surface area contributed by atoms with E-state index in [2.05, 4.69) is 65.7 Å². The van der Waals surface area contributed by atoms with Crippen molar-refractivity contribution in [2.24, 2.45) is 0 Å². The molecule has 1 atom stereocenters. The minimum absolute atomic E-state index is 0.190. The third kappa shape index (κ3) is 1.71. The molecule has 1 heterocycles. The van der Waals surface area contributed by atoms with Crippen LogP contribution >= 0.6 is 0 Å². The summed E-state index contributed by atoms with van der Waals surface area (Å²) in [6.07, 6.45) is 1.26. The van der Waals surface area contributed by atoms with E-state index in [4.69, 9.17) is 0 Å². The topological polar surface area (TPSA) is 15.3 Å². The Kier molecular flexibility index (Phi) is 2.95. The van der Waals surface area contributed by atoms with Crippen LogP contribution in [0.25, 0.3) is 0 Å². The maximum Gasteiger partial charge on any atom is 0.0370 e. The molecule has 2 bridgehead atoms. The van der Waals surface area contributed by atoms with Crippen molar-refractivity contribution in [3.63, 3.8) is 0 Å². The number of nitrogens with zero attached hydrogens (tertiary/aromatic N) is 1. The predicted octanol–water partition coefficient (Wildman–Crippen LogP) is 3.12. The van der Waals surface area contributed by atoms with Crippen LogP contribution in [0.3, 0.4) is 0 Å². The SMILES string of the molecule is CC(N1CCNCC1)C12CC(c3ccccc31)c1ccccc12. The lowest BCUT2D eigenvalue weighted by molar-refractivity contribution is 0.134. The van der Waals surface area contributed by atoms with Crippen molar-refractivity contribution in [1.82, 2.24) is 10.2 Å². The number of fused-ring (bicyclic) bond motifs is 8. The molecular weight excluding hydrogens is 280 g/mol. The minimum atomic E-state index is 0.190. The van der Waals surface area contributed by atoms with E-state index in [9.17, 15) is 0 Å². The zero-order valence-electron chi connectivity index (χ0n) is 13.8. The molecule has 1 fully saturated rings. The molecule has 0 radical (unpaired) electrons. The number of nitrogens with one attached hydrogen (secondary N) is 1. The summed E-state index contributed by atoms with van der Waals surface area (Å²) in [6.45, 7) is 7.03. The van der Waals surface area contributed by atoms with E-state index < -0.39 is 0 Å². The molecule has 0 spiro atoms. The average molecular weight is 304 g/mol. The van der Waals surface area contributed by atoms with Gasteiger partial charge in [0.1, 0.15) is 0 Å². The van der Waals surface area contributed by atoms with Gasteiger partial charge in [0.05, 0.1) is 0 Å². The van der Waals surface area contributed by atoms with E-state index in [0.717, 1.165) is 26.2 Å². The molecular formula is C21H24N2. The Bertz CT molecular complexity index is 698. The first-order valence-electron chi connectivity index (χ1n) is 8.96. The highest BCUT2D eigenvalue weighted by Crippen LogP contribution is 2.62. The molecule has 2 heteroatoms. The van der Waals surface area contributed by atoms with E-state index in [1.165, 1.54) is 6.42 Å². The molecule has 0 amide bonds. The van der Waals surface area contributed by atoms with Crippen LogP contribution in [0.2, 0.25) is 0 Å². The van der Waals surface area contributed by atoms with E-state index in [1.807, 2.05) is 0 Å². The van der Waals surface area contributed by atoms with Gasteiger partial charge in [0.15, 0.2) is 0 Å². The van der Waals surface area contributed by atoms with Gasteiger partial charge in [-0.05, 0) is 35.6 Å². The number of hydrogen-bond donors (Lipinski definition) is 1. The highest BCUT2D eigenvalue weighted by atomic mass is 15.2. The quantitative estimate of drug-likeness (QED) is 0.917. The molecule has 2 nitrogen and oxygen atoms in total. The molecule has 2 aromatic rings.